The zero-order valence-corrected chi connectivity index (χ0v) is 21.8. The summed E-state index contributed by atoms with van der Waals surface area (Å²) in [7, 11) is 3.82. The second-order valence-corrected chi connectivity index (χ2v) is 9.97. The molecule has 0 spiro atoms. The summed E-state index contributed by atoms with van der Waals surface area (Å²) in [6.45, 7) is 5.50. The molecular weight excluding hydrogens is 510 g/mol. The molecule has 0 saturated carbocycles. The van der Waals surface area contributed by atoms with E-state index in [0.717, 1.165) is 53.0 Å². The van der Waals surface area contributed by atoms with Crippen molar-refractivity contribution in [3.05, 3.63) is 52.3 Å². The summed E-state index contributed by atoms with van der Waals surface area (Å²) in [6.07, 6.45) is 3.79. The highest BCUT2D eigenvalue weighted by Gasteiger charge is 2.23. The summed E-state index contributed by atoms with van der Waals surface area (Å²) in [6, 6.07) is 9.95. The van der Waals surface area contributed by atoms with Crippen molar-refractivity contribution in [2.24, 2.45) is 5.92 Å². The van der Waals surface area contributed by atoms with Gasteiger partial charge in [-0.25, -0.2) is 4.98 Å². The molecule has 0 atom stereocenters. The minimum atomic E-state index is 0.456. The van der Waals surface area contributed by atoms with E-state index in [1.54, 1.807) is 7.11 Å². The van der Waals surface area contributed by atoms with Crippen LogP contribution in [0.4, 0.5) is 17.2 Å². The lowest BCUT2D eigenvalue weighted by Crippen LogP contribution is -2.32. The number of piperidine rings is 1. The van der Waals surface area contributed by atoms with Crippen molar-refractivity contribution < 1.29 is 14.2 Å². The first-order valence-corrected chi connectivity index (χ1v) is 12.6. The van der Waals surface area contributed by atoms with Crippen molar-refractivity contribution in [2.45, 2.75) is 26.3 Å². The number of hydrogen-bond donors (Lipinski definition) is 2. The molecule has 2 aliphatic heterocycles. The second-order valence-electron chi connectivity index (χ2n) is 9.12. The third kappa shape index (κ3) is 5.31. The van der Waals surface area contributed by atoms with E-state index in [9.17, 15) is 0 Å². The van der Waals surface area contributed by atoms with Crippen LogP contribution in [0.5, 0.6) is 23.1 Å². The molecule has 1 saturated heterocycles. The number of ether oxygens (including phenoxy) is 3. The SMILES string of the molecule is COc1cc2c(cc1OCC1CCN(C)CC1)CNc1c(Nc3ccc(Br)c(C)c3)ncnc1O2. The molecule has 0 unspecified atom stereocenters. The second kappa shape index (κ2) is 10.3. The van der Waals surface area contributed by atoms with Crippen molar-refractivity contribution in [1.82, 2.24) is 14.9 Å². The maximum absolute atomic E-state index is 6.24. The van der Waals surface area contributed by atoms with Crippen LogP contribution in [0.2, 0.25) is 0 Å². The number of halogens is 1. The predicted octanol–water partition coefficient (Wildman–Crippen LogP) is 5.74. The van der Waals surface area contributed by atoms with Crippen LogP contribution in [-0.4, -0.2) is 48.7 Å². The van der Waals surface area contributed by atoms with Crippen LogP contribution in [0.1, 0.15) is 24.0 Å². The summed E-state index contributed by atoms with van der Waals surface area (Å²) in [5.41, 5.74) is 3.73. The minimum absolute atomic E-state index is 0.456. The smallest absolute Gasteiger partial charge is 0.248 e. The van der Waals surface area contributed by atoms with Gasteiger partial charge in [-0.05, 0) is 75.6 Å². The molecule has 3 aromatic rings. The Morgan fingerprint density at radius 1 is 1.17 bits per heavy atom. The Morgan fingerprint density at radius 3 is 2.77 bits per heavy atom. The number of nitrogens with one attached hydrogen (secondary N) is 2. The predicted molar refractivity (Wildman–Crippen MR) is 140 cm³/mol. The van der Waals surface area contributed by atoms with Gasteiger partial charge >= 0.3 is 0 Å². The maximum atomic E-state index is 6.24. The number of fused-ring (bicyclic) bond motifs is 2. The number of likely N-dealkylation sites (tertiary alicyclic amines) is 1. The van der Waals surface area contributed by atoms with Crippen molar-refractivity contribution >= 4 is 33.1 Å². The van der Waals surface area contributed by atoms with Crippen LogP contribution < -0.4 is 24.8 Å². The van der Waals surface area contributed by atoms with Gasteiger partial charge in [0.2, 0.25) is 5.88 Å². The fourth-order valence-corrected chi connectivity index (χ4v) is 4.62. The van der Waals surface area contributed by atoms with E-state index < -0.39 is 0 Å². The van der Waals surface area contributed by atoms with Crippen molar-refractivity contribution in [2.75, 3.05) is 44.5 Å². The molecule has 8 nitrogen and oxygen atoms in total. The Bertz CT molecular complexity index is 1210. The molecule has 1 fully saturated rings. The van der Waals surface area contributed by atoms with E-state index in [2.05, 4.69) is 54.5 Å². The Kier molecular flexibility index (Phi) is 6.97. The Hall–Kier alpha value is -3.04. The molecule has 2 aliphatic rings. The summed E-state index contributed by atoms with van der Waals surface area (Å²) >= 11 is 3.55. The van der Waals surface area contributed by atoms with Gasteiger partial charge in [-0.15, -0.1) is 0 Å². The first-order chi connectivity index (χ1) is 17.0. The molecule has 0 aliphatic carbocycles. The Labute approximate surface area is 214 Å². The highest BCUT2D eigenvalue weighted by Crippen LogP contribution is 2.43. The number of aromatic nitrogens is 2. The highest BCUT2D eigenvalue weighted by molar-refractivity contribution is 9.10. The van der Waals surface area contributed by atoms with E-state index >= 15 is 0 Å². The lowest BCUT2D eigenvalue weighted by molar-refractivity contribution is 0.157. The van der Waals surface area contributed by atoms with Crippen LogP contribution in [0.3, 0.4) is 0 Å². The monoisotopic (exact) mass is 539 g/mol. The van der Waals surface area contributed by atoms with Gasteiger partial charge in [0.25, 0.3) is 0 Å². The van der Waals surface area contributed by atoms with E-state index in [-0.39, 0.29) is 0 Å². The lowest BCUT2D eigenvalue weighted by atomic mass is 9.98. The van der Waals surface area contributed by atoms with E-state index in [0.29, 0.717) is 48.0 Å². The fourth-order valence-electron chi connectivity index (χ4n) is 4.37. The molecule has 1 aromatic heterocycles. The summed E-state index contributed by atoms with van der Waals surface area (Å²) in [5.74, 6) is 3.73. The number of benzene rings is 2. The first kappa shape index (κ1) is 23.7. The van der Waals surface area contributed by atoms with Crippen LogP contribution >= 0.6 is 15.9 Å². The quantitative estimate of drug-likeness (QED) is 0.410. The third-order valence-corrected chi connectivity index (χ3v) is 7.44. The van der Waals surface area contributed by atoms with E-state index in [4.69, 9.17) is 14.2 Å². The van der Waals surface area contributed by atoms with Crippen LogP contribution in [0.15, 0.2) is 41.1 Å². The molecule has 0 radical (unpaired) electrons. The van der Waals surface area contributed by atoms with Gasteiger partial charge in [0.1, 0.15) is 17.8 Å². The van der Waals surface area contributed by atoms with Gasteiger partial charge in [0.05, 0.1) is 13.7 Å². The zero-order chi connectivity index (χ0) is 24.4. The molecule has 2 N–H and O–H groups in total. The number of aryl methyl sites for hydroxylation is 1. The zero-order valence-electron chi connectivity index (χ0n) is 20.2. The van der Waals surface area contributed by atoms with Gasteiger partial charge in [0.15, 0.2) is 17.3 Å². The molecule has 3 heterocycles. The average Bonchev–Trinajstić information content (AvgIpc) is 3.04. The molecule has 35 heavy (non-hydrogen) atoms. The number of nitrogens with zero attached hydrogens (tertiary/aromatic N) is 3. The van der Waals surface area contributed by atoms with Gasteiger partial charge in [-0.3, -0.25) is 0 Å². The van der Waals surface area contributed by atoms with Crippen molar-refractivity contribution in [1.29, 1.82) is 0 Å². The molecule has 0 bridgehead atoms. The largest absolute Gasteiger partial charge is 0.493 e. The fraction of sp³-hybridized carbons (Fsp3) is 0.385. The molecule has 2 aromatic carbocycles. The van der Waals surface area contributed by atoms with Crippen molar-refractivity contribution in [3.63, 3.8) is 0 Å². The molecule has 9 heteroatoms. The maximum Gasteiger partial charge on any atom is 0.248 e. The minimum Gasteiger partial charge on any atom is -0.493 e. The van der Waals surface area contributed by atoms with Crippen LogP contribution in [-0.2, 0) is 6.54 Å². The van der Waals surface area contributed by atoms with Gasteiger partial charge in [-0.2, -0.15) is 4.98 Å². The molecule has 184 valence electrons. The van der Waals surface area contributed by atoms with Crippen molar-refractivity contribution in [3.8, 4) is 23.1 Å². The normalized spacial score (nSPS) is 15.8. The Balaban J connectivity index is 1.36. The molecule has 5 rings (SSSR count). The topological polar surface area (TPSA) is 80.8 Å². The number of methoxy groups -OCH3 is 1. The third-order valence-electron chi connectivity index (χ3n) is 6.55. The Morgan fingerprint density at radius 2 is 2.00 bits per heavy atom. The standard InChI is InChI=1S/C26H30BrN5O3/c1-16-10-19(4-5-20(16)27)31-25-24-26(30-15-29-25)35-21-12-22(33-3)23(11-18(21)13-28-24)34-14-17-6-8-32(2)9-7-17/h4-5,10-12,15,17,28H,6-9,13-14H2,1-3H3,(H,29,30,31). The van der Waals surface area contributed by atoms with E-state index in [1.807, 2.05) is 31.2 Å². The summed E-state index contributed by atoms with van der Waals surface area (Å²) < 4.78 is 19.2. The lowest BCUT2D eigenvalue weighted by Gasteiger charge is -2.29. The summed E-state index contributed by atoms with van der Waals surface area (Å²) in [4.78, 5) is 11.2. The molecular formula is C26H30BrN5O3. The number of hydrogen-bond acceptors (Lipinski definition) is 8. The van der Waals surface area contributed by atoms with Crippen LogP contribution in [0, 0.1) is 12.8 Å². The van der Waals surface area contributed by atoms with Gasteiger partial charge in [-0.1, -0.05) is 15.9 Å². The highest BCUT2D eigenvalue weighted by atomic mass is 79.9. The van der Waals surface area contributed by atoms with Gasteiger partial charge in [0, 0.05) is 28.3 Å². The first-order valence-electron chi connectivity index (χ1n) is 11.8. The number of rotatable bonds is 6. The van der Waals surface area contributed by atoms with Gasteiger partial charge < -0.3 is 29.7 Å². The molecule has 0 amide bonds. The number of anilines is 3. The average molecular weight is 540 g/mol. The van der Waals surface area contributed by atoms with Crippen LogP contribution in [0.25, 0.3) is 0 Å². The van der Waals surface area contributed by atoms with E-state index in [1.165, 1.54) is 6.33 Å². The summed E-state index contributed by atoms with van der Waals surface area (Å²) in [5, 5.41) is 6.83.